The zero-order chi connectivity index (χ0) is 11.9. The first kappa shape index (κ1) is 10.9. The third-order valence-electron chi connectivity index (χ3n) is 2.28. The van der Waals surface area contributed by atoms with Crippen LogP contribution in [0, 0.1) is 11.6 Å². The summed E-state index contributed by atoms with van der Waals surface area (Å²) >= 11 is 5.45. The van der Waals surface area contributed by atoms with Crippen molar-refractivity contribution < 1.29 is 8.78 Å². The second-order valence-corrected chi connectivity index (χ2v) is 3.72. The van der Waals surface area contributed by atoms with Crippen molar-refractivity contribution in [1.82, 2.24) is 9.78 Å². The van der Waals surface area contributed by atoms with Crippen LogP contribution in [0.4, 0.5) is 14.6 Å². The van der Waals surface area contributed by atoms with Gasteiger partial charge < -0.3 is 5.73 Å². The number of nitrogens with zero attached hydrogens (tertiary/aromatic N) is 2. The Morgan fingerprint density at radius 1 is 1.25 bits per heavy atom. The van der Waals surface area contributed by atoms with Crippen molar-refractivity contribution in [1.29, 1.82) is 0 Å². The van der Waals surface area contributed by atoms with Crippen molar-refractivity contribution in [2.75, 3.05) is 5.73 Å². The van der Waals surface area contributed by atoms with Crippen LogP contribution in [0.15, 0.2) is 18.3 Å². The van der Waals surface area contributed by atoms with E-state index in [2.05, 4.69) is 5.10 Å². The van der Waals surface area contributed by atoms with E-state index in [0.29, 0.717) is 5.56 Å². The molecule has 84 valence electrons. The highest BCUT2D eigenvalue weighted by atomic mass is 35.5. The fourth-order valence-corrected chi connectivity index (χ4v) is 1.53. The summed E-state index contributed by atoms with van der Waals surface area (Å²) in [7, 11) is 1.61. The normalized spacial score (nSPS) is 10.8. The number of nitrogens with two attached hydrogens (primary N) is 1. The fraction of sp³-hybridized carbons (Fsp3) is 0.100. The minimum Gasteiger partial charge on any atom is -0.383 e. The number of anilines is 1. The summed E-state index contributed by atoms with van der Waals surface area (Å²) in [5.74, 6) is -1.06. The molecule has 0 amide bonds. The molecule has 6 heteroatoms. The van der Waals surface area contributed by atoms with E-state index in [1.165, 1.54) is 10.9 Å². The minimum absolute atomic E-state index is 0.0486. The van der Waals surface area contributed by atoms with Crippen molar-refractivity contribution in [2.24, 2.45) is 7.05 Å². The van der Waals surface area contributed by atoms with Crippen molar-refractivity contribution in [3.63, 3.8) is 0 Å². The van der Waals surface area contributed by atoms with E-state index in [1.807, 2.05) is 0 Å². The SMILES string of the molecule is Cn1ncc(-c2cc(F)c(Cl)cc2F)c1N. The number of rotatable bonds is 1. The van der Waals surface area contributed by atoms with Crippen LogP contribution >= 0.6 is 11.6 Å². The molecule has 0 bridgehead atoms. The van der Waals surface area contributed by atoms with E-state index in [1.54, 1.807) is 7.05 Å². The van der Waals surface area contributed by atoms with Crippen molar-refractivity contribution in [3.8, 4) is 11.1 Å². The second-order valence-electron chi connectivity index (χ2n) is 3.31. The molecule has 2 N–H and O–H groups in total. The molecule has 2 rings (SSSR count). The van der Waals surface area contributed by atoms with Gasteiger partial charge in [0.05, 0.1) is 11.2 Å². The number of hydrogen-bond acceptors (Lipinski definition) is 2. The Hall–Kier alpha value is -1.62. The van der Waals surface area contributed by atoms with Gasteiger partial charge in [-0.05, 0) is 12.1 Å². The molecule has 1 aromatic heterocycles. The van der Waals surface area contributed by atoms with E-state index < -0.39 is 11.6 Å². The van der Waals surface area contributed by atoms with Crippen LogP contribution in [0.5, 0.6) is 0 Å². The van der Waals surface area contributed by atoms with Crippen molar-refractivity contribution in [2.45, 2.75) is 0 Å². The molecule has 0 saturated carbocycles. The number of nitrogen functional groups attached to an aromatic ring is 1. The molecule has 0 radical (unpaired) electrons. The van der Waals surface area contributed by atoms with Crippen LogP contribution in [-0.2, 0) is 7.05 Å². The fourth-order valence-electron chi connectivity index (χ4n) is 1.38. The van der Waals surface area contributed by atoms with E-state index in [0.717, 1.165) is 12.1 Å². The van der Waals surface area contributed by atoms with Gasteiger partial charge in [-0.1, -0.05) is 11.6 Å². The summed E-state index contributed by atoms with van der Waals surface area (Å²) < 4.78 is 28.2. The molecule has 16 heavy (non-hydrogen) atoms. The molecular formula is C10H8ClF2N3. The average molecular weight is 244 g/mol. The zero-order valence-electron chi connectivity index (χ0n) is 8.34. The Bertz CT molecular complexity index is 551. The van der Waals surface area contributed by atoms with E-state index in [-0.39, 0.29) is 16.4 Å². The van der Waals surface area contributed by atoms with Gasteiger partial charge in [0.25, 0.3) is 0 Å². The highest BCUT2D eigenvalue weighted by molar-refractivity contribution is 6.30. The molecule has 1 heterocycles. The number of benzene rings is 1. The molecule has 1 aromatic carbocycles. The topological polar surface area (TPSA) is 43.8 Å². The first-order valence-electron chi connectivity index (χ1n) is 4.43. The Kier molecular flexibility index (Phi) is 2.55. The minimum atomic E-state index is -0.693. The molecule has 0 spiro atoms. The number of aromatic nitrogens is 2. The Morgan fingerprint density at radius 3 is 2.50 bits per heavy atom. The maximum Gasteiger partial charge on any atom is 0.142 e. The van der Waals surface area contributed by atoms with E-state index in [4.69, 9.17) is 17.3 Å². The first-order chi connectivity index (χ1) is 7.50. The van der Waals surface area contributed by atoms with Crippen LogP contribution in [-0.4, -0.2) is 9.78 Å². The van der Waals surface area contributed by atoms with Crippen LogP contribution in [0.1, 0.15) is 0 Å². The van der Waals surface area contributed by atoms with Crippen LogP contribution < -0.4 is 5.73 Å². The van der Waals surface area contributed by atoms with Crippen molar-refractivity contribution >= 4 is 17.4 Å². The van der Waals surface area contributed by atoms with Gasteiger partial charge in [0.15, 0.2) is 0 Å². The molecule has 0 fully saturated rings. The first-order valence-corrected chi connectivity index (χ1v) is 4.81. The summed E-state index contributed by atoms with van der Waals surface area (Å²) in [5, 5.41) is 3.59. The zero-order valence-corrected chi connectivity index (χ0v) is 9.09. The van der Waals surface area contributed by atoms with Crippen LogP contribution in [0.25, 0.3) is 11.1 Å². The van der Waals surface area contributed by atoms with Gasteiger partial charge in [0.2, 0.25) is 0 Å². The lowest BCUT2D eigenvalue weighted by Crippen LogP contribution is -1.98. The second kappa shape index (κ2) is 3.75. The lowest BCUT2D eigenvalue weighted by Gasteiger charge is -2.04. The number of aryl methyl sites for hydroxylation is 1. The highest BCUT2D eigenvalue weighted by Gasteiger charge is 2.14. The summed E-state index contributed by atoms with van der Waals surface area (Å²) in [6.07, 6.45) is 1.38. The largest absolute Gasteiger partial charge is 0.383 e. The summed E-state index contributed by atoms with van der Waals surface area (Å²) in [6, 6.07) is 1.92. The summed E-state index contributed by atoms with van der Waals surface area (Å²) in [6.45, 7) is 0. The van der Waals surface area contributed by atoms with Gasteiger partial charge in [-0.2, -0.15) is 5.10 Å². The van der Waals surface area contributed by atoms with Crippen LogP contribution in [0.2, 0.25) is 5.02 Å². The maximum atomic E-state index is 13.6. The molecule has 0 saturated heterocycles. The van der Waals surface area contributed by atoms with E-state index in [9.17, 15) is 8.78 Å². The molecular weight excluding hydrogens is 236 g/mol. The molecule has 0 aliphatic rings. The standard InChI is InChI=1S/C10H8ClF2N3/c1-16-10(14)6(4-15-16)5-2-9(13)7(11)3-8(5)12/h2-4H,14H2,1H3. The number of hydrogen-bond donors (Lipinski definition) is 1. The van der Waals surface area contributed by atoms with Gasteiger partial charge in [0, 0.05) is 18.2 Å². The average Bonchev–Trinajstić information content (AvgIpc) is 2.54. The third-order valence-corrected chi connectivity index (χ3v) is 2.57. The third kappa shape index (κ3) is 1.63. The van der Waals surface area contributed by atoms with E-state index >= 15 is 0 Å². The Morgan fingerprint density at radius 2 is 1.94 bits per heavy atom. The molecule has 0 atom stereocenters. The monoisotopic (exact) mass is 243 g/mol. The van der Waals surface area contributed by atoms with Gasteiger partial charge in [0.1, 0.15) is 17.5 Å². The maximum absolute atomic E-state index is 13.6. The Balaban J connectivity index is 2.65. The smallest absolute Gasteiger partial charge is 0.142 e. The predicted octanol–water partition coefficient (Wildman–Crippen LogP) is 2.60. The van der Waals surface area contributed by atoms with Gasteiger partial charge in [-0.25, -0.2) is 8.78 Å². The van der Waals surface area contributed by atoms with Crippen LogP contribution in [0.3, 0.4) is 0 Å². The molecule has 0 aliphatic heterocycles. The summed E-state index contributed by atoms with van der Waals surface area (Å²) in [5.41, 5.74) is 6.06. The van der Waals surface area contributed by atoms with Gasteiger partial charge >= 0.3 is 0 Å². The molecule has 3 nitrogen and oxygen atoms in total. The highest BCUT2D eigenvalue weighted by Crippen LogP contribution is 2.30. The summed E-state index contributed by atoms with van der Waals surface area (Å²) in [4.78, 5) is 0. The molecule has 0 unspecified atom stereocenters. The molecule has 0 aliphatic carbocycles. The molecule has 2 aromatic rings. The Labute approximate surface area is 95.4 Å². The van der Waals surface area contributed by atoms with Gasteiger partial charge in [-0.3, -0.25) is 4.68 Å². The van der Waals surface area contributed by atoms with Gasteiger partial charge in [-0.15, -0.1) is 0 Å². The van der Waals surface area contributed by atoms with Crippen molar-refractivity contribution in [3.05, 3.63) is 35.0 Å². The quantitative estimate of drug-likeness (QED) is 0.783. The lowest BCUT2D eigenvalue weighted by molar-refractivity contribution is 0.603. The number of halogens is 3. The lowest BCUT2D eigenvalue weighted by atomic mass is 10.1. The predicted molar refractivity (Wildman–Crippen MR) is 58.0 cm³/mol.